The minimum absolute atomic E-state index is 0.138. The van der Waals surface area contributed by atoms with Crippen molar-refractivity contribution in [1.29, 1.82) is 0 Å². The third-order valence-corrected chi connectivity index (χ3v) is 5.41. The van der Waals surface area contributed by atoms with Crippen LogP contribution in [0.5, 0.6) is 0 Å². The molecule has 0 radical (unpaired) electrons. The highest BCUT2D eigenvalue weighted by Gasteiger charge is 2.35. The summed E-state index contributed by atoms with van der Waals surface area (Å²) < 4.78 is 13.9. The standard InChI is InChI=1S/C20H17ClFNO2S/c1-12(2)14-8-6-13(7-9-14)10-18-19(24)23(20(25)26-18)11-15-16(21)4-3-5-17(15)22/h3-10,12H,11H2,1-2H3/b18-10-. The summed E-state index contributed by atoms with van der Waals surface area (Å²) in [5.74, 6) is -0.557. The third kappa shape index (κ3) is 3.84. The highest BCUT2D eigenvalue weighted by molar-refractivity contribution is 8.18. The van der Waals surface area contributed by atoms with Crippen molar-refractivity contribution < 1.29 is 14.0 Å². The predicted octanol–water partition coefficient (Wildman–Crippen LogP) is 5.84. The summed E-state index contributed by atoms with van der Waals surface area (Å²) in [5, 5.41) is -0.239. The second-order valence-corrected chi connectivity index (χ2v) is 7.69. The first kappa shape index (κ1) is 18.7. The Morgan fingerprint density at radius 2 is 1.85 bits per heavy atom. The van der Waals surface area contributed by atoms with Crippen LogP contribution in [0.25, 0.3) is 6.08 Å². The molecule has 26 heavy (non-hydrogen) atoms. The predicted molar refractivity (Wildman–Crippen MR) is 103 cm³/mol. The molecule has 3 nitrogen and oxygen atoms in total. The van der Waals surface area contributed by atoms with E-state index in [1.807, 2.05) is 24.3 Å². The van der Waals surface area contributed by atoms with E-state index in [-0.39, 0.29) is 17.1 Å². The smallest absolute Gasteiger partial charge is 0.268 e. The molecule has 0 N–H and O–H groups in total. The number of carbonyl (C=O) groups is 2. The largest absolute Gasteiger partial charge is 0.293 e. The van der Waals surface area contributed by atoms with Crippen LogP contribution in [0.3, 0.4) is 0 Å². The van der Waals surface area contributed by atoms with Gasteiger partial charge in [0, 0.05) is 10.6 Å². The summed E-state index contributed by atoms with van der Waals surface area (Å²) in [7, 11) is 0. The second kappa shape index (κ2) is 7.64. The van der Waals surface area contributed by atoms with E-state index in [0.717, 1.165) is 22.2 Å². The number of benzene rings is 2. The van der Waals surface area contributed by atoms with E-state index < -0.39 is 17.0 Å². The van der Waals surface area contributed by atoms with E-state index in [2.05, 4.69) is 13.8 Å². The van der Waals surface area contributed by atoms with Crippen LogP contribution in [0.15, 0.2) is 47.4 Å². The van der Waals surface area contributed by atoms with Crippen molar-refractivity contribution in [2.75, 3.05) is 0 Å². The molecule has 1 heterocycles. The van der Waals surface area contributed by atoms with Gasteiger partial charge in [-0.3, -0.25) is 14.5 Å². The molecule has 1 saturated heterocycles. The molecule has 134 valence electrons. The quantitative estimate of drug-likeness (QED) is 0.616. The number of carbonyl (C=O) groups excluding carboxylic acids is 2. The van der Waals surface area contributed by atoms with Gasteiger partial charge in [0.1, 0.15) is 5.82 Å². The second-order valence-electron chi connectivity index (χ2n) is 6.29. The molecular weight excluding hydrogens is 373 g/mol. The molecule has 0 saturated carbocycles. The first-order valence-electron chi connectivity index (χ1n) is 8.15. The number of thioether (sulfide) groups is 1. The number of rotatable bonds is 4. The molecule has 2 aromatic carbocycles. The summed E-state index contributed by atoms with van der Waals surface area (Å²) in [6.07, 6.45) is 1.68. The van der Waals surface area contributed by atoms with E-state index in [9.17, 15) is 14.0 Å². The monoisotopic (exact) mass is 389 g/mol. The van der Waals surface area contributed by atoms with Gasteiger partial charge in [-0.2, -0.15) is 0 Å². The van der Waals surface area contributed by atoms with Crippen LogP contribution < -0.4 is 0 Å². The van der Waals surface area contributed by atoms with Crippen molar-refractivity contribution in [3.63, 3.8) is 0 Å². The number of amides is 2. The third-order valence-electron chi connectivity index (χ3n) is 4.15. The summed E-state index contributed by atoms with van der Waals surface area (Å²) in [6, 6.07) is 12.1. The lowest BCUT2D eigenvalue weighted by Crippen LogP contribution is -2.28. The lowest BCUT2D eigenvalue weighted by molar-refractivity contribution is -0.123. The summed E-state index contributed by atoms with van der Waals surface area (Å²) in [6.45, 7) is 4.03. The molecule has 1 aliphatic rings. The Morgan fingerprint density at radius 3 is 2.46 bits per heavy atom. The van der Waals surface area contributed by atoms with Gasteiger partial charge in [0.2, 0.25) is 0 Å². The van der Waals surface area contributed by atoms with Gasteiger partial charge in [0.25, 0.3) is 11.1 Å². The van der Waals surface area contributed by atoms with E-state index in [4.69, 9.17) is 11.6 Å². The number of nitrogens with zero attached hydrogens (tertiary/aromatic N) is 1. The maximum atomic E-state index is 13.9. The van der Waals surface area contributed by atoms with Crippen LogP contribution in [0.2, 0.25) is 5.02 Å². The lowest BCUT2D eigenvalue weighted by Gasteiger charge is -2.14. The first-order valence-corrected chi connectivity index (χ1v) is 9.34. The van der Waals surface area contributed by atoms with Gasteiger partial charge in [-0.15, -0.1) is 0 Å². The van der Waals surface area contributed by atoms with Crippen LogP contribution in [0, 0.1) is 5.82 Å². The molecule has 2 aromatic rings. The average Bonchev–Trinajstić information content (AvgIpc) is 2.85. The minimum atomic E-state index is -0.537. The Hall–Kier alpha value is -2.11. The molecule has 0 unspecified atom stereocenters. The molecule has 6 heteroatoms. The van der Waals surface area contributed by atoms with Crippen LogP contribution >= 0.6 is 23.4 Å². The molecule has 3 rings (SSSR count). The Bertz CT molecular complexity index is 873. The minimum Gasteiger partial charge on any atom is -0.268 e. The highest BCUT2D eigenvalue weighted by atomic mass is 35.5. The molecule has 1 aliphatic heterocycles. The summed E-state index contributed by atoms with van der Waals surface area (Å²) in [5.41, 5.74) is 2.17. The molecule has 1 fully saturated rings. The molecular formula is C20H17ClFNO2S. The number of halogens is 2. The zero-order valence-corrected chi connectivity index (χ0v) is 15.9. The van der Waals surface area contributed by atoms with E-state index in [0.29, 0.717) is 10.8 Å². The van der Waals surface area contributed by atoms with Gasteiger partial charge in [-0.25, -0.2) is 4.39 Å². The van der Waals surface area contributed by atoms with E-state index >= 15 is 0 Å². The molecule has 0 spiro atoms. The van der Waals surface area contributed by atoms with Crippen molar-refractivity contribution in [2.45, 2.75) is 26.3 Å². The molecule has 0 aliphatic carbocycles. The lowest BCUT2D eigenvalue weighted by atomic mass is 10.0. The summed E-state index contributed by atoms with van der Waals surface area (Å²) >= 11 is 6.85. The van der Waals surface area contributed by atoms with Crippen LogP contribution in [-0.2, 0) is 11.3 Å². The molecule has 0 bridgehead atoms. The Kier molecular flexibility index (Phi) is 5.49. The normalized spacial score (nSPS) is 16.2. The fourth-order valence-electron chi connectivity index (χ4n) is 2.61. The highest BCUT2D eigenvalue weighted by Crippen LogP contribution is 2.34. The van der Waals surface area contributed by atoms with Crippen molar-refractivity contribution in [3.8, 4) is 0 Å². The van der Waals surface area contributed by atoms with Crippen LogP contribution in [0.1, 0.15) is 36.5 Å². The van der Waals surface area contributed by atoms with Crippen LogP contribution in [-0.4, -0.2) is 16.0 Å². The van der Waals surface area contributed by atoms with E-state index in [1.54, 1.807) is 6.08 Å². The maximum absolute atomic E-state index is 13.9. The van der Waals surface area contributed by atoms with Crippen molar-refractivity contribution >= 4 is 40.6 Å². The zero-order valence-electron chi connectivity index (χ0n) is 14.3. The Labute approximate surface area is 160 Å². The Morgan fingerprint density at radius 1 is 1.15 bits per heavy atom. The number of hydrogen-bond acceptors (Lipinski definition) is 3. The van der Waals surface area contributed by atoms with Crippen molar-refractivity contribution in [2.24, 2.45) is 0 Å². The number of hydrogen-bond donors (Lipinski definition) is 0. The van der Waals surface area contributed by atoms with Gasteiger partial charge >= 0.3 is 0 Å². The van der Waals surface area contributed by atoms with Gasteiger partial charge in [0.05, 0.1) is 11.4 Å². The van der Waals surface area contributed by atoms with Crippen LogP contribution in [0.4, 0.5) is 9.18 Å². The molecule has 0 aromatic heterocycles. The van der Waals surface area contributed by atoms with Crippen molar-refractivity contribution in [1.82, 2.24) is 4.90 Å². The van der Waals surface area contributed by atoms with E-state index in [1.165, 1.54) is 23.8 Å². The van der Waals surface area contributed by atoms with Gasteiger partial charge in [0.15, 0.2) is 0 Å². The topological polar surface area (TPSA) is 37.4 Å². The van der Waals surface area contributed by atoms with Gasteiger partial charge in [-0.05, 0) is 47.0 Å². The van der Waals surface area contributed by atoms with Gasteiger partial charge in [-0.1, -0.05) is 55.8 Å². The Balaban J connectivity index is 1.82. The molecule has 2 amide bonds. The fraction of sp³-hybridized carbons (Fsp3) is 0.200. The fourth-order valence-corrected chi connectivity index (χ4v) is 3.67. The maximum Gasteiger partial charge on any atom is 0.293 e. The van der Waals surface area contributed by atoms with Gasteiger partial charge < -0.3 is 0 Å². The zero-order chi connectivity index (χ0) is 18.8. The van der Waals surface area contributed by atoms with Crippen molar-refractivity contribution in [3.05, 3.63) is 74.9 Å². The summed E-state index contributed by atoms with van der Waals surface area (Å²) in [4.78, 5) is 26.1. The average molecular weight is 390 g/mol. The SMILES string of the molecule is CC(C)c1ccc(/C=C2\SC(=O)N(Cc3c(F)cccc3Cl)C2=O)cc1. The molecule has 0 atom stereocenters. The number of imide groups is 1. The first-order chi connectivity index (χ1) is 12.4.